The van der Waals surface area contributed by atoms with Gasteiger partial charge in [0.15, 0.2) is 0 Å². The predicted octanol–water partition coefficient (Wildman–Crippen LogP) is 1.74. The predicted molar refractivity (Wildman–Crippen MR) is 92.4 cm³/mol. The van der Waals surface area contributed by atoms with E-state index < -0.39 is 0 Å². The van der Waals surface area contributed by atoms with Crippen LogP contribution in [-0.4, -0.2) is 58.1 Å². The first-order chi connectivity index (χ1) is 11.5. The van der Waals surface area contributed by atoms with Gasteiger partial charge >= 0.3 is 0 Å². The number of nitrogens with two attached hydrogens (primary N) is 1. The summed E-state index contributed by atoms with van der Waals surface area (Å²) in [5.74, 6) is 1.39. The highest BCUT2D eigenvalue weighted by Crippen LogP contribution is 2.25. The Labute approximate surface area is 145 Å². The van der Waals surface area contributed by atoms with Crippen LogP contribution in [0.3, 0.4) is 0 Å². The molecule has 3 rings (SSSR count). The first-order valence-electron chi connectivity index (χ1n) is 8.19. The fraction of sp³-hybridized carbons (Fsp3) is 0.562. The zero-order chi connectivity index (χ0) is 17.1. The minimum Gasteiger partial charge on any atom is -0.340 e. The Morgan fingerprint density at radius 3 is 2.75 bits per heavy atom. The van der Waals surface area contributed by atoms with Crippen LogP contribution < -0.4 is 5.73 Å². The molecule has 0 radical (unpaired) electrons. The Balaban J connectivity index is 1.57. The third kappa shape index (κ3) is 3.82. The largest absolute Gasteiger partial charge is 0.340 e. The van der Waals surface area contributed by atoms with Gasteiger partial charge in [-0.05, 0) is 25.3 Å². The minimum absolute atomic E-state index is 0.0388. The SMILES string of the molecule is CC(N)CC(=O)N1CCN(C(C)c2nc(-c3cccs3)no2)CC1. The van der Waals surface area contributed by atoms with Crippen LogP contribution in [0.25, 0.3) is 10.7 Å². The molecule has 0 saturated carbocycles. The van der Waals surface area contributed by atoms with Gasteiger partial charge in [-0.2, -0.15) is 4.98 Å². The highest BCUT2D eigenvalue weighted by Gasteiger charge is 2.28. The van der Waals surface area contributed by atoms with E-state index in [-0.39, 0.29) is 18.0 Å². The third-order valence-corrected chi connectivity index (χ3v) is 5.12. The molecule has 0 spiro atoms. The van der Waals surface area contributed by atoms with E-state index in [0.29, 0.717) is 31.2 Å². The molecular formula is C16H23N5O2S. The maximum atomic E-state index is 12.1. The molecule has 1 amide bonds. The average molecular weight is 349 g/mol. The standard InChI is InChI=1S/C16H23N5O2S/c1-11(17)10-14(22)21-7-5-20(6-8-21)12(2)16-18-15(19-23-16)13-4-3-9-24-13/h3-4,9,11-12H,5-8,10,17H2,1-2H3. The number of carbonyl (C=O) groups is 1. The van der Waals surface area contributed by atoms with Crippen molar-refractivity contribution in [2.75, 3.05) is 26.2 Å². The molecule has 8 heteroatoms. The Kier molecular flexibility index (Phi) is 5.27. The van der Waals surface area contributed by atoms with Gasteiger partial charge in [0.1, 0.15) is 0 Å². The molecule has 7 nitrogen and oxygen atoms in total. The summed E-state index contributed by atoms with van der Waals surface area (Å²) in [6.45, 7) is 6.93. The molecule has 2 aromatic rings. The van der Waals surface area contributed by atoms with Crippen molar-refractivity contribution in [1.82, 2.24) is 19.9 Å². The number of carbonyl (C=O) groups excluding carboxylic acids is 1. The van der Waals surface area contributed by atoms with Crippen LogP contribution in [0.5, 0.6) is 0 Å². The van der Waals surface area contributed by atoms with Crippen LogP contribution in [0.15, 0.2) is 22.0 Å². The molecule has 0 bridgehead atoms. The lowest BCUT2D eigenvalue weighted by Crippen LogP contribution is -2.50. The number of hydrogen-bond donors (Lipinski definition) is 1. The molecule has 130 valence electrons. The van der Waals surface area contributed by atoms with Crippen molar-refractivity contribution in [3.8, 4) is 10.7 Å². The quantitative estimate of drug-likeness (QED) is 0.884. The van der Waals surface area contributed by atoms with Gasteiger partial charge in [-0.1, -0.05) is 11.2 Å². The van der Waals surface area contributed by atoms with Gasteiger partial charge in [0.25, 0.3) is 0 Å². The summed E-state index contributed by atoms with van der Waals surface area (Å²) in [5, 5.41) is 6.06. The van der Waals surface area contributed by atoms with E-state index in [4.69, 9.17) is 10.3 Å². The molecule has 2 N–H and O–H groups in total. The van der Waals surface area contributed by atoms with E-state index in [0.717, 1.165) is 18.0 Å². The molecule has 3 heterocycles. The second-order valence-electron chi connectivity index (χ2n) is 6.21. The van der Waals surface area contributed by atoms with Gasteiger partial charge < -0.3 is 15.2 Å². The van der Waals surface area contributed by atoms with Crippen molar-refractivity contribution in [2.24, 2.45) is 5.73 Å². The minimum atomic E-state index is -0.0940. The first-order valence-corrected chi connectivity index (χ1v) is 9.07. The molecule has 1 aliphatic rings. The second kappa shape index (κ2) is 7.42. The zero-order valence-corrected chi connectivity index (χ0v) is 14.8. The molecule has 24 heavy (non-hydrogen) atoms. The number of rotatable bonds is 5. The Morgan fingerprint density at radius 2 is 2.12 bits per heavy atom. The normalized spacial score (nSPS) is 18.5. The van der Waals surface area contributed by atoms with Crippen molar-refractivity contribution < 1.29 is 9.32 Å². The lowest BCUT2D eigenvalue weighted by Gasteiger charge is -2.37. The van der Waals surface area contributed by atoms with Crippen molar-refractivity contribution in [3.05, 3.63) is 23.4 Å². The van der Waals surface area contributed by atoms with Gasteiger partial charge in [-0.3, -0.25) is 9.69 Å². The summed E-state index contributed by atoms with van der Waals surface area (Å²) < 4.78 is 5.44. The topological polar surface area (TPSA) is 88.5 Å². The molecule has 0 aromatic carbocycles. The number of piperazine rings is 1. The van der Waals surface area contributed by atoms with Crippen LogP contribution in [-0.2, 0) is 4.79 Å². The molecule has 0 aliphatic carbocycles. The van der Waals surface area contributed by atoms with Crippen LogP contribution >= 0.6 is 11.3 Å². The summed E-state index contributed by atoms with van der Waals surface area (Å²) >= 11 is 1.59. The fourth-order valence-corrected chi connectivity index (χ4v) is 3.48. The maximum absolute atomic E-state index is 12.1. The molecule has 1 fully saturated rings. The fourth-order valence-electron chi connectivity index (χ4n) is 2.83. The van der Waals surface area contributed by atoms with Gasteiger partial charge in [0, 0.05) is 38.6 Å². The first kappa shape index (κ1) is 17.1. The number of amides is 1. The number of nitrogens with zero attached hydrogens (tertiary/aromatic N) is 4. The maximum Gasteiger partial charge on any atom is 0.244 e. The van der Waals surface area contributed by atoms with Crippen molar-refractivity contribution in [3.63, 3.8) is 0 Å². The molecule has 1 saturated heterocycles. The Hall–Kier alpha value is -1.77. The average Bonchev–Trinajstić information content (AvgIpc) is 3.24. The van der Waals surface area contributed by atoms with E-state index in [2.05, 4.69) is 22.0 Å². The second-order valence-corrected chi connectivity index (χ2v) is 7.16. The summed E-state index contributed by atoms with van der Waals surface area (Å²) in [4.78, 5) is 21.7. The van der Waals surface area contributed by atoms with Crippen LogP contribution in [0, 0.1) is 0 Å². The van der Waals surface area contributed by atoms with E-state index in [1.165, 1.54) is 0 Å². The summed E-state index contributed by atoms with van der Waals surface area (Å²) in [6, 6.07) is 3.89. The Morgan fingerprint density at radius 1 is 1.38 bits per heavy atom. The van der Waals surface area contributed by atoms with Gasteiger partial charge in [-0.15, -0.1) is 11.3 Å². The Bertz CT molecular complexity index is 662. The molecule has 2 unspecified atom stereocenters. The van der Waals surface area contributed by atoms with E-state index >= 15 is 0 Å². The van der Waals surface area contributed by atoms with Crippen molar-refractivity contribution >= 4 is 17.2 Å². The molecule has 2 aromatic heterocycles. The monoisotopic (exact) mass is 349 g/mol. The number of aromatic nitrogens is 2. The molecular weight excluding hydrogens is 326 g/mol. The number of thiophene rings is 1. The lowest BCUT2D eigenvalue weighted by atomic mass is 10.2. The number of hydrogen-bond acceptors (Lipinski definition) is 7. The summed E-state index contributed by atoms with van der Waals surface area (Å²) in [6.07, 6.45) is 0.406. The van der Waals surface area contributed by atoms with E-state index in [9.17, 15) is 4.79 Å². The lowest BCUT2D eigenvalue weighted by molar-refractivity contribution is -0.133. The van der Waals surface area contributed by atoms with E-state index in [1.54, 1.807) is 11.3 Å². The van der Waals surface area contributed by atoms with Crippen LogP contribution in [0.2, 0.25) is 0 Å². The highest BCUT2D eigenvalue weighted by molar-refractivity contribution is 7.13. The van der Waals surface area contributed by atoms with Gasteiger partial charge in [0.05, 0.1) is 10.9 Å². The van der Waals surface area contributed by atoms with Crippen molar-refractivity contribution in [2.45, 2.75) is 32.4 Å². The van der Waals surface area contributed by atoms with Crippen LogP contribution in [0.1, 0.15) is 32.2 Å². The van der Waals surface area contributed by atoms with Gasteiger partial charge in [0.2, 0.25) is 17.6 Å². The summed E-state index contributed by atoms with van der Waals surface area (Å²) in [5.41, 5.74) is 5.71. The smallest absolute Gasteiger partial charge is 0.244 e. The third-order valence-electron chi connectivity index (χ3n) is 4.25. The molecule has 2 atom stereocenters. The zero-order valence-electron chi connectivity index (χ0n) is 14.0. The van der Waals surface area contributed by atoms with Crippen molar-refractivity contribution in [1.29, 1.82) is 0 Å². The van der Waals surface area contributed by atoms with Gasteiger partial charge in [-0.25, -0.2) is 0 Å². The molecule has 1 aliphatic heterocycles. The van der Waals surface area contributed by atoms with E-state index in [1.807, 2.05) is 29.3 Å². The summed E-state index contributed by atoms with van der Waals surface area (Å²) in [7, 11) is 0. The highest BCUT2D eigenvalue weighted by atomic mass is 32.1. The van der Waals surface area contributed by atoms with Crippen LogP contribution in [0.4, 0.5) is 0 Å².